The van der Waals surface area contributed by atoms with Gasteiger partial charge in [0.2, 0.25) is 0 Å². The first-order valence-electron chi connectivity index (χ1n) is 9.22. The minimum atomic E-state index is -0.824. The third-order valence-electron chi connectivity index (χ3n) is 4.19. The lowest BCUT2D eigenvalue weighted by Crippen LogP contribution is -2.54. The Morgan fingerprint density at radius 2 is 1.81 bits per heavy atom. The summed E-state index contributed by atoms with van der Waals surface area (Å²) in [6.07, 6.45) is 2.97. The number of carbonyl (C=O) groups excluding carboxylic acids is 3. The third kappa shape index (κ3) is 5.05. The van der Waals surface area contributed by atoms with Crippen LogP contribution >= 0.6 is 31.9 Å². The number of ether oxygens (including phenoxy) is 2. The molecule has 1 aliphatic rings. The summed E-state index contributed by atoms with van der Waals surface area (Å²) in [6.45, 7) is 6.20. The third-order valence-corrected chi connectivity index (χ3v) is 5.24. The number of carbonyl (C=O) groups is 3. The van der Waals surface area contributed by atoms with Gasteiger partial charge in [0.15, 0.2) is 0 Å². The quantitative estimate of drug-likeness (QED) is 0.303. The molecule has 0 unspecified atom stereocenters. The molecule has 9 heteroatoms. The number of hydrogen-bond donors (Lipinski definition) is 1. The van der Waals surface area contributed by atoms with Crippen LogP contribution in [-0.4, -0.2) is 31.1 Å². The van der Waals surface area contributed by atoms with Crippen molar-refractivity contribution < 1.29 is 23.9 Å². The average Bonchev–Trinajstić information content (AvgIpc) is 2.71. The van der Waals surface area contributed by atoms with E-state index in [9.17, 15) is 14.4 Å². The van der Waals surface area contributed by atoms with Gasteiger partial charge in [0.05, 0.1) is 16.8 Å². The van der Waals surface area contributed by atoms with Gasteiger partial charge in [-0.25, -0.2) is 9.69 Å². The molecule has 31 heavy (non-hydrogen) atoms. The molecule has 0 aliphatic carbocycles. The molecule has 1 fully saturated rings. The van der Waals surface area contributed by atoms with Gasteiger partial charge >= 0.3 is 6.03 Å². The Hall–Kier alpha value is -2.91. The number of benzene rings is 2. The molecular formula is C22H18Br2N2O5. The van der Waals surface area contributed by atoms with Crippen molar-refractivity contribution in [2.45, 2.75) is 6.92 Å². The van der Waals surface area contributed by atoms with Gasteiger partial charge in [0.25, 0.3) is 11.8 Å². The fraction of sp³-hybridized carbons (Fsp3) is 0.136. The Labute approximate surface area is 196 Å². The van der Waals surface area contributed by atoms with Crippen LogP contribution in [0.3, 0.4) is 0 Å². The highest BCUT2D eigenvalue weighted by molar-refractivity contribution is 9.11. The highest BCUT2D eigenvalue weighted by Crippen LogP contribution is 2.35. The number of nitrogens with one attached hydrogen (secondary N) is 1. The number of hydrogen-bond acceptors (Lipinski definition) is 5. The van der Waals surface area contributed by atoms with Gasteiger partial charge < -0.3 is 9.47 Å². The van der Waals surface area contributed by atoms with E-state index in [-0.39, 0.29) is 12.2 Å². The maximum atomic E-state index is 13.1. The van der Waals surface area contributed by atoms with Crippen LogP contribution in [0.25, 0.3) is 6.08 Å². The predicted molar refractivity (Wildman–Crippen MR) is 124 cm³/mol. The molecule has 2 aromatic carbocycles. The zero-order valence-electron chi connectivity index (χ0n) is 16.5. The maximum absolute atomic E-state index is 13.1. The van der Waals surface area contributed by atoms with E-state index in [4.69, 9.17) is 9.47 Å². The highest BCUT2D eigenvalue weighted by atomic mass is 79.9. The van der Waals surface area contributed by atoms with Gasteiger partial charge in [-0.15, -0.1) is 0 Å². The van der Waals surface area contributed by atoms with Crippen LogP contribution in [0.2, 0.25) is 0 Å². The lowest BCUT2D eigenvalue weighted by Gasteiger charge is -2.26. The van der Waals surface area contributed by atoms with E-state index in [1.165, 1.54) is 6.08 Å². The molecule has 1 saturated heterocycles. The van der Waals surface area contributed by atoms with E-state index < -0.39 is 17.8 Å². The van der Waals surface area contributed by atoms with Crippen molar-refractivity contribution in [1.82, 2.24) is 5.32 Å². The van der Waals surface area contributed by atoms with Gasteiger partial charge in [0, 0.05) is 10.0 Å². The molecule has 1 N–H and O–H groups in total. The van der Waals surface area contributed by atoms with Crippen molar-refractivity contribution in [2.75, 3.05) is 18.1 Å². The Balaban J connectivity index is 2.02. The zero-order chi connectivity index (χ0) is 22.5. The van der Waals surface area contributed by atoms with E-state index in [1.807, 2.05) is 6.92 Å². The van der Waals surface area contributed by atoms with Crippen molar-refractivity contribution in [1.29, 1.82) is 0 Å². The lowest BCUT2D eigenvalue weighted by molar-refractivity contribution is -0.122. The molecule has 160 valence electrons. The number of urea groups is 1. The second kappa shape index (κ2) is 9.93. The maximum Gasteiger partial charge on any atom is 0.335 e. The summed E-state index contributed by atoms with van der Waals surface area (Å²) in [5.74, 6) is -0.502. The van der Waals surface area contributed by atoms with Crippen LogP contribution in [0, 0.1) is 0 Å². The molecule has 0 radical (unpaired) electrons. The van der Waals surface area contributed by atoms with Gasteiger partial charge in [-0.1, -0.05) is 28.6 Å². The molecule has 3 rings (SSSR count). The minimum absolute atomic E-state index is 0.207. The van der Waals surface area contributed by atoms with E-state index >= 15 is 0 Å². The number of barbiturate groups is 1. The van der Waals surface area contributed by atoms with E-state index in [1.54, 1.807) is 42.5 Å². The molecule has 0 saturated carbocycles. The Morgan fingerprint density at radius 1 is 1.10 bits per heavy atom. The van der Waals surface area contributed by atoms with Gasteiger partial charge in [-0.2, -0.15) is 0 Å². The van der Waals surface area contributed by atoms with Crippen LogP contribution in [0.4, 0.5) is 10.5 Å². The molecule has 7 nitrogen and oxygen atoms in total. The Bertz CT molecular complexity index is 1080. The lowest BCUT2D eigenvalue weighted by atomic mass is 10.1. The standard InChI is InChI=1S/C22H18Br2N2O5/c1-3-9-31-19-13(10-14(23)12-18(19)24)11-17-20(27)25-22(29)26(21(17)28)15-5-7-16(8-6-15)30-4-2/h3,5-8,10-12H,1,4,9H2,2H3,(H,25,27,29)/b17-11+. The summed E-state index contributed by atoms with van der Waals surface area (Å²) >= 11 is 6.81. The van der Waals surface area contributed by atoms with Crippen molar-refractivity contribution >= 4 is 61.5 Å². The second-order valence-electron chi connectivity index (χ2n) is 6.29. The number of anilines is 1. The summed E-state index contributed by atoms with van der Waals surface area (Å²) in [5.41, 5.74) is 0.576. The number of amides is 4. The van der Waals surface area contributed by atoms with Crippen molar-refractivity contribution in [3.8, 4) is 11.5 Å². The summed E-state index contributed by atoms with van der Waals surface area (Å²) < 4.78 is 12.4. The number of nitrogens with zero attached hydrogens (tertiary/aromatic N) is 1. The first-order chi connectivity index (χ1) is 14.8. The summed E-state index contributed by atoms with van der Waals surface area (Å²) in [4.78, 5) is 38.9. The summed E-state index contributed by atoms with van der Waals surface area (Å²) in [7, 11) is 0. The summed E-state index contributed by atoms with van der Waals surface area (Å²) in [5, 5.41) is 2.21. The molecule has 1 aliphatic heterocycles. The van der Waals surface area contributed by atoms with E-state index in [0.29, 0.717) is 38.3 Å². The highest BCUT2D eigenvalue weighted by Gasteiger charge is 2.37. The van der Waals surface area contributed by atoms with Gasteiger partial charge in [0.1, 0.15) is 23.7 Å². The Kier molecular flexibility index (Phi) is 7.29. The second-order valence-corrected chi connectivity index (χ2v) is 8.06. The number of rotatable bonds is 7. The molecule has 0 bridgehead atoms. The van der Waals surface area contributed by atoms with Crippen LogP contribution in [0.5, 0.6) is 11.5 Å². The average molecular weight is 550 g/mol. The van der Waals surface area contributed by atoms with Crippen molar-refractivity contribution in [3.63, 3.8) is 0 Å². The van der Waals surface area contributed by atoms with Crippen molar-refractivity contribution in [2.24, 2.45) is 0 Å². The van der Waals surface area contributed by atoms with Crippen LogP contribution in [0.15, 0.2) is 63.6 Å². The molecule has 2 aromatic rings. The molecule has 1 heterocycles. The molecule has 0 spiro atoms. The fourth-order valence-corrected chi connectivity index (χ4v) is 4.26. The molecule has 0 aromatic heterocycles. The first-order valence-corrected chi connectivity index (χ1v) is 10.8. The number of imide groups is 2. The van der Waals surface area contributed by atoms with E-state index in [2.05, 4.69) is 43.8 Å². The largest absolute Gasteiger partial charge is 0.494 e. The predicted octanol–water partition coefficient (Wildman–Crippen LogP) is 4.84. The van der Waals surface area contributed by atoms with Crippen LogP contribution in [0.1, 0.15) is 12.5 Å². The monoisotopic (exact) mass is 548 g/mol. The minimum Gasteiger partial charge on any atom is -0.494 e. The molecule has 4 amide bonds. The Morgan fingerprint density at radius 3 is 2.45 bits per heavy atom. The fourth-order valence-electron chi connectivity index (χ4n) is 2.89. The van der Waals surface area contributed by atoms with Gasteiger partial charge in [-0.3, -0.25) is 14.9 Å². The number of halogens is 2. The molecule has 0 atom stereocenters. The smallest absolute Gasteiger partial charge is 0.335 e. The zero-order valence-corrected chi connectivity index (χ0v) is 19.7. The van der Waals surface area contributed by atoms with Crippen LogP contribution < -0.4 is 19.7 Å². The van der Waals surface area contributed by atoms with Crippen molar-refractivity contribution in [3.05, 3.63) is 69.1 Å². The first kappa shape index (κ1) is 22.8. The van der Waals surface area contributed by atoms with Crippen LogP contribution in [-0.2, 0) is 9.59 Å². The molecular weight excluding hydrogens is 532 g/mol. The topological polar surface area (TPSA) is 84.9 Å². The summed E-state index contributed by atoms with van der Waals surface area (Å²) in [6, 6.07) is 9.09. The normalized spacial score (nSPS) is 15.1. The van der Waals surface area contributed by atoms with Gasteiger partial charge in [-0.05, 0) is 65.3 Å². The van der Waals surface area contributed by atoms with E-state index in [0.717, 1.165) is 4.90 Å². The SMILES string of the molecule is C=CCOc1c(Br)cc(Br)cc1/C=C1\C(=O)NC(=O)N(c2ccc(OCC)cc2)C1=O.